The summed E-state index contributed by atoms with van der Waals surface area (Å²) in [6.07, 6.45) is 7.55. The van der Waals surface area contributed by atoms with Gasteiger partial charge in [-0.3, -0.25) is 4.68 Å². The fraction of sp³-hybridized carbons (Fsp3) is 0.190. The lowest BCUT2D eigenvalue weighted by molar-refractivity contribution is -0.0797. The number of aryl methyl sites for hydroxylation is 1. The van der Waals surface area contributed by atoms with Crippen LogP contribution in [0.3, 0.4) is 0 Å². The van der Waals surface area contributed by atoms with Gasteiger partial charge in [0.15, 0.2) is 0 Å². The lowest BCUT2D eigenvalue weighted by Gasteiger charge is -2.27. The van der Waals surface area contributed by atoms with Crippen LogP contribution in [0.5, 0.6) is 5.75 Å². The molecule has 4 aromatic rings. The van der Waals surface area contributed by atoms with Crippen LogP contribution in [0.15, 0.2) is 49.1 Å². The van der Waals surface area contributed by atoms with Gasteiger partial charge in [0.25, 0.3) is 0 Å². The molecule has 0 spiro atoms. The van der Waals surface area contributed by atoms with Gasteiger partial charge in [0, 0.05) is 47.7 Å². The number of aromatic nitrogens is 4. The predicted octanol–water partition coefficient (Wildman–Crippen LogP) is 3.28. The highest BCUT2D eigenvalue weighted by atomic mass is 16.6. The zero-order valence-corrected chi connectivity index (χ0v) is 15.2. The highest BCUT2D eigenvalue weighted by Gasteiger charge is 2.21. The molecule has 5 rings (SSSR count). The first kappa shape index (κ1) is 16.5. The Kier molecular flexibility index (Phi) is 3.85. The van der Waals surface area contributed by atoms with Crippen LogP contribution in [0.1, 0.15) is 5.56 Å². The Morgan fingerprint density at radius 2 is 2.11 bits per heavy atom. The number of H-pyrrole nitrogens is 1. The summed E-state index contributed by atoms with van der Waals surface area (Å²) in [5, 5.41) is 14.8. The molecule has 0 bridgehead atoms. The van der Waals surface area contributed by atoms with Crippen LogP contribution >= 0.6 is 0 Å². The monoisotopic (exact) mass is 371 g/mol. The molecule has 7 heteroatoms. The molecule has 0 unspecified atom stereocenters. The van der Waals surface area contributed by atoms with Crippen molar-refractivity contribution in [1.29, 1.82) is 5.26 Å². The zero-order chi connectivity index (χ0) is 19.1. The Hall–Kier alpha value is -3.63. The van der Waals surface area contributed by atoms with Gasteiger partial charge in [0.2, 0.25) is 0 Å². The number of nitriles is 1. The largest absolute Gasteiger partial charge is 0.484 e. The number of hydrogen-bond donors (Lipinski definition) is 1. The average molecular weight is 371 g/mol. The van der Waals surface area contributed by atoms with Gasteiger partial charge in [-0.25, -0.2) is 4.98 Å². The zero-order valence-electron chi connectivity index (χ0n) is 15.2. The predicted molar refractivity (Wildman–Crippen MR) is 104 cm³/mol. The standard InChI is InChI=1S/C21H17N5O2/c1-26-10-16(8-25-26)15-5-18-19(9-24-21(18)23-7-15)13-2-3-20(14(4-13)6-22)28-17-11-27-12-17/h2-5,7-10,17H,11-12H2,1H3,(H,23,24). The van der Waals surface area contributed by atoms with Crippen molar-refractivity contribution in [3.63, 3.8) is 0 Å². The molecule has 3 aromatic heterocycles. The van der Waals surface area contributed by atoms with Gasteiger partial charge in [-0.2, -0.15) is 10.4 Å². The molecule has 28 heavy (non-hydrogen) atoms. The van der Waals surface area contributed by atoms with Crippen molar-refractivity contribution in [1.82, 2.24) is 19.7 Å². The number of nitrogens with zero attached hydrogens (tertiary/aromatic N) is 4. The Balaban J connectivity index is 1.56. The Morgan fingerprint density at radius 1 is 1.21 bits per heavy atom. The van der Waals surface area contributed by atoms with E-state index in [1.54, 1.807) is 4.68 Å². The molecule has 7 nitrogen and oxygen atoms in total. The number of benzene rings is 1. The molecule has 138 valence electrons. The van der Waals surface area contributed by atoms with Crippen LogP contribution in [0, 0.1) is 11.3 Å². The van der Waals surface area contributed by atoms with Crippen LogP contribution in [0.25, 0.3) is 33.3 Å². The Bertz CT molecular complexity index is 1210. The fourth-order valence-corrected chi connectivity index (χ4v) is 3.32. The molecule has 1 aliphatic heterocycles. The summed E-state index contributed by atoms with van der Waals surface area (Å²) in [6.45, 7) is 1.13. The first-order valence-corrected chi connectivity index (χ1v) is 8.96. The fourth-order valence-electron chi connectivity index (χ4n) is 3.32. The van der Waals surface area contributed by atoms with Gasteiger partial charge in [-0.15, -0.1) is 0 Å². The van der Waals surface area contributed by atoms with E-state index in [4.69, 9.17) is 9.47 Å². The molecule has 1 saturated heterocycles. The van der Waals surface area contributed by atoms with Crippen LogP contribution < -0.4 is 4.74 Å². The molecule has 0 saturated carbocycles. The second-order valence-corrected chi connectivity index (χ2v) is 6.83. The van der Waals surface area contributed by atoms with Crippen molar-refractivity contribution in [2.75, 3.05) is 13.2 Å². The van der Waals surface area contributed by atoms with Gasteiger partial charge in [0.05, 0.1) is 25.0 Å². The second-order valence-electron chi connectivity index (χ2n) is 6.83. The first-order chi connectivity index (χ1) is 13.7. The molecule has 0 atom stereocenters. The van der Waals surface area contributed by atoms with Gasteiger partial charge in [-0.05, 0) is 23.8 Å². The number of fused-ring (bicyclic) bond motifs is 1. The van der Waals surface area contributed by atoms with Gasteiger partial charge < -0.3 is 14.5 Å². The SMILES string of the molecule is Cn1cc(-c2cnc3[nH]cc(-c4ccc(OC5COC5)c(C#N)c4)c3c2)cn1. The van der Waals surface area contributed by atoms with Crippen molar-refractivity contribution in [2.24, 2.45) is 7.05 Å². The van der Waals surface area contributed by atoms with E-state index in [0.29, 0.717) is 24.5 Å². The van der Waals surface area contributed by atoms with E-state index < -0.39 is 0 Å². The van der Waals surface area contributed by atoms with Crippen LogP contribution in [0.4, 0.5) is 0 Å². The first-order valence-electron chi connectivity index (χ1n) is 8.96. The van der Waals surface area contributed by atoms with Gasteiger partial charge >= 0.3 is 0 Å². The smallest absolute Gasteiger partial charge is 0.145 e. The van der Waals surface area contributed by atoms with Crippen molar-refractivity contribution < 1.29 is 9.47 Å². The lowest BCUT2D eigenvalue weighted by atomic mass is 10.0. The summed E-state index contributed by atoms with van der Waals surface area (Å²) in [5.74, 6) is 0.591. The van der Waals surface area contributed by atoms with Crippen LogP contribution in [0.2, 0.25) is 0 Å². The number of aromatic amines is 1. The quantitative estimate of drug-likeness (QED) is 0.595. The Labute approximate surface area is 161 Å². The van der Waals surface area contributed by atoms with E-state index in [0.717, 1.165) is 33.3 Å². The molecule has 0 aliphatic carbocycles. The highest BCUT2D eigenvalue weighted by molar-refractivity contribution is 5.96. The normalized spacial score (nSPS) is 14.0. The summed E-state index contributed by atoms with van der Waals surface area (Å²) in [6, 6.07) is 10.0. The van der Waals surface area contributed by atoms with Crippen molar-refractivity contribution in [2.45, 2.75) is 6.10 Å². The number of nitrogens with one attached hydrogen (secondary N) is 1. The third-order valence-corrected chi connectivity index (χ3v) is 4.88. The minimum absolute atomic E-state index is 0.0253. The summed E-state index contributed by atoms with van der Waals surface area (Å²) >= 11 is 0. The van der Waals surface area contributed by atoms with Crippen LogP contribution in [-0.4, -0.2) is 39.1 Å². The maximum Gasteiger partial charge on any atom is 0.145 e. The molecular weight excluding hydrogens is 354 g/mol. The summed E-state index contributed by atoms with van der Waals surface area (Å²) in [7, 11) is 1.89. The van der Waals surface area contributed by atoms with E-state index >= 15 is 0 Å². The van der Waals surface area contributed by atoms with E-state index in [1.165, 1.54) is 0 Å². The third kappa shape index (κ3) is 2.80. The Morgan fingerprint density at radius 3 is 2.82 bits per heavy atom. The molecule has 0 amide bonds. The molecule has 1 fully saturated rings. The number of rotatable bonds is 4. The van der Waals surface area contributed by atoms with Crippen molar-refractivity contribution in [3.05, 3.63) is 54.6 Å². The van der Waals surface area contributed by atoms with E-state index in [-0.39, 0.29) is 6.10 Å². The second kappa shape index (κ2) is 6.51. The van der Waals surface area contributed by atoms with Crippen molar-refractivity contribution >= 4 is 11.0 Å². The summed E-state index contributed by atoms with van der Waals surface area (Å²) in [4.78, 5) is 7.75. The minimum Gasteiger partial charge on any atom is -0.484 e. The molecular formula is C21H17N5O2. The third-order valence-electron chi connectivity index (χ3n) is 4.88. The maximum absolute atomic E-state index is 9.56. The van der Waals surface area contributed by atoms with E-state index in [9.17, 15) is 5.26 Å². The van der Waals surface area contributed by atoms with E-state index in [1.807, 2.05) is 50.0 Å². The molecule has 1 aromatic carbocycles. The van der Waals surface area contributed by atoms with E-state index in [2.05, 4.69) is 27.2 Å². The average Bonchev–Trinajstić information content (AvgIpc) is 3.30. The summed E-state index contributed by atoms with van der Waals surface area (Å²) in [5.41, 5.74) is 5.23. The van der Waals surface area contributed by atoms with Crippen LogP contribution in [-0.2, 0) is 11.8 Å². The maximum atomic E-state index is 9.56. The topological polar surface area (TPSA) is 88.8 Å². The highest BCUT2D eigenvalue weighted by Crippen LogP contribution is 2.33. The summed E-state index contributed by atoms with van der Waals surface area (Å²) < 4.78 is 12.7. The number of ether oxygens (including phenoxy) is 2. The van der Waals surface area contributed by atoms with Crippen molar-refractivity contribution in [3.8, 4) is 34.1 Å². The number of pyridine rings is 1. The molecule has 1 aliphatic rings. The number of hydrogen-bond acceptors (Lipinski definition) is 5. The van der Waals surface area contributed by atoms with Gasteiger partial charge in [0.1, 0.15) is 23.6 Å². The van der Waals surface area contributed by atoms with Gasteiger partial charge in [-0.1, -0.05) is 6.07 Å². The minimum atomic E-state index is 0.0253. The molecule has 1 N–H and O–H groups in total. The molecule has 0 radical (unpaired) electrons. The molecule has 4 heterocycles. The lowest BCUT2D eigenvalue weighted by Crippen LogP contribution is -2.38.